The van der Waals surface area contributed by atoms with Crippen LogP contribution in [0.3, 0.4) is 0 Å². The number of amides is 2. The monoisotopic (exact) mass is 675 g/mol. The van der Waals surface area contributed by atoms with Crippen LogP contribution in [-0.4, -0.2) is 66.4 Å². The lowest BCUT2D eigenvalue weighted by Gasteiger charge is -2.32. The molecule has 1 aliphatic rings. The molecule has 4 aromatic carbocycles. The predicted octanol–water partition coefficient (Wildman–Crippen LogP) is 6.62. The Morgan fingerprint density at radius 3 is 2.31 bits per heavy atom. The van der Waals surface area contributed by atoms with Crippen molar-refractivity contribution in [3.63, 3.8) is 0 Å². The first kappa shape index (κ1) is 34.3. The maximum absolute atomic E-state index is 13.5. The van der Waals surface area contributed by atoms with E-state index in [2.05, 4.69) is 27.5 Å². The zero-order chi connectivity index (χ0) is 34.2. The molecule has 13 heteroatoms. The number of rotatable bonds is 12. The SMILES string of the molecule is CCOc1cc([N+](=O)[O-])c(C(=O)Nc2ccc(OCc3cccc(F)c3)c(Cl)c2)cc1NC(=O)c1ccc(CN2CCN(C)CC2)cc1. The molecule has 0 unspecified atom stereocenters. The van der Waals surface area contributed by atoms with E-state index in [9.17, 15) is 24.1 Å². The molecule has 2 amide bonds. The van der Waals surface area contributed by atoms with Crippen LogP contribution >= 0.6 is 11.6 Å². The molecule has 5 rings (SSSR count). The van der Waals surface area contributed by atoms with E-state index in [1.807, 2.05) is 12.1 Å². The Hall–Kier alpha value is -5.04. The summed E-state index contributed by atoms with van der Waals surface area (Å²) in [6, 6.07) is 20.0. The van der Waals surface area contributed by atoms with E-state index < -0.39 is 28.2 Å². The van der Waals surface area contributed by atoms with Crippen LogP contribution in [0.25, 0.3) is 0 Å². The molecule has 0 saturated carbocycles. The van der Waals surface area contributed by atoms with E-state index in [-0.39, 0.29) is 40.9 Å². The average Bonchev–Trinajstić information content (AvgIpc) is 3.06. The second-order valence-corrected chi connectivity index (χ2v) is 11.7. The minimum Gasteiger partial charge on any atom is -0.491 e. The average molecular weight is 676 g/mol. The molecule has 1 fully saturated rings. The van der Waals surface area contributed by atoms with E-state index in [0.717, 1.165) is 44.4 Å². The number of hydrogen-bond donors (Lipinski definition) is 2. The van der Waals surface area contributed by atoms with Crippen LogP contribution in [0, 0.1) is 15.9 Å². The van der Waals surface area contributed by atoms with E-state index in [1.54, 1.807) is 31.2 Å². The van der Waals surface area contributed by atoms with Crippen LogP contribution in [0.1, 0.15) is 38.8 Å². The Kier molecular flexibility index (Phi) is 11.2. The van der Waals surface area contributed by atoms with Crippen molar-refractivity contribution in [1.29, 1.82) is 0 Å². The summed E-state index contributed by atoms with van der Waals surface area (Å²) in [7, 11) is 2.10. The Balaban J connectivity index is 1.31. The molecule has 1 aliphatic heterocycles. The van der Waals surface area contributed by atoms with Gasteiger partial charge in [0, 0.05) is 44.0 Å². The van der Waals surface area contributed by atoms with Crippen LogP contribution < -0.4 is 20.1 Å². The van der Waals surface area contributed by atoms with Gasteiger partial charge in [-0.05, 0) is 73.6 Å². The number of halogens is 2. The first-order valence-electron chi connectivity index (χ1n) is 15.3. The van der Waals surface area contributed by atoms with Gasteiger partial charge in [-0.2, -0.15) is 0 Å². The van der Waals surface area contributed by atoms with Crippen LogP contribution in [0.2, 0.25) is 5.02 Å². The maximum Gasteiger partial charge on any atom is 0.286 e. The van der Waals surface area contributed by atoms with Gasteiger partial charge < -0.3 is 25.0 Å². The van der Waals surface area contributed by atoms with Gasteiger partial charge in [0.05, 0.1) is 28.3 Å². The number of carbonyl (C=O) groups excluding carboxylic acids is 2. The summed E-state index contributed by atoms with van der Waals surface area (Å²) < 4.78 is 24.8. The fourth-order valence-corrected chi connectivity index (χ4v) is 5.41. The smallest absolute Gasteiger partial charge is 0.286 e. The largest absolute Gasteiger partial charge is 0.491 e. The quantitative estimate of drug-likeness (QED) is 0.127. The molecule has 0 aromatic heterocycles. The summed E-state index contributed by atoms with van der Waals surface area (Å²) in [6.45, 7) is 6.67. The minimum absolute atomic E-state index is 0.0450. The summed E-state index contributed by atoms with van der Waals surface area (Å²) in [5, 5.41) is 17.5. The molecule has 0 atom stereocenters. The summed E-state index contributed by atoms with van der Waals surface area (Å²) in [5.41, 5.74) is 1.58. The minimum atomic E-state index is -0.807. The molecule has 2 N–H and O–H groups in total. The van der Waals surface area contributed by atoms with Gasteiger partial charge in [-0.3, -0.25) is 24.6 Å². The number of carbonyl (C=O) groups is 2. The second kappa shape index (κ2) is 15.7. The van der Waals surface area contributed by atoms with Gasteiger partial charge in [-0.25, -0.2) is 4.39 Å². The number of nitro groups is 1. The Morgan fingerprint density at radius 2 is 1.65 bits per heavy atom. The van der Waals surface area contributed by atoms with Gasteiger partial charge in [0.1, 0.15) is 29.5 Å². The molecule has 1 saturated heterocycles. The van der Waals surface area contributed by atoms with Crippen LogP contribution in [0.15, 0.2) is 78.9 Å². The van der Waals surface area contributed by atoms with Crippen molar-refractivity contribution in [3.8, 4) is 11.5 Å². The lowest BCUT2D eigenvalue weighted by atomic mass is 10.1. The number of benzene rings is 4. The van der Waals surface area contributed by atoms with E-state index >= 15 is 0 Å². The molecular weight excluding hydrogens is 641 g/mol. The highest BCUT2D eigenvalue weighted by Gasteiger charge is 2.26. The highest BCUT2D eigenvalue weighted by molar-refractivity contribution is 6.32. The first-order chi connectivity index (χ1) is 23.1. The van der Waals surface area contributed by atoms with Crippen molar-refractivity contribution in [1.82, 2.24) is 9.80 Å². The highest BCUT2D eigenvalue weighted by Crippen LogP contribution is 2.35. The lowest BCUT2D eigenvalue weighted by Crippen LogP contribution is -2.43. The van der Waals surface area contributed by atoms with Gasteiger partial charge in [-0.15, -0.1) is 0 Å². The molecule has 1 heterocycles. The first-order valence-corrected chi connectivity index (χ1v) is 15.7. The fourth-order valence-electron chi connectivity index (χ4n) is 5.18. The zero-order valence-corrected chi connectivity index (χ0v) is 27.3. The molecule has 0 bridgehead atoms. The van der Waals surface area contributed by atoms with E-state index in [0.29, 0.717) is 16.9 Å². The third-order valence-electron chi connectivity index (χ3n) is 7.78. The van der Waals surface area contributed by atoms with Crippen LogP contribution in [-0.2, 0) is 13.2 Å². The molecule has 0 radical (unpaired) electrons. The van der Waals surface area contributed by atoms with E-state index in [4.69, 9.17) is 21.1 Å². The number of likely N-dealkylation sites (N-methyl/N-ethyl adjacent to an activating group) is 1. The van der Waals surface area contributed by atoms with Gasteiger partial charge in [0.25, 0.3) is 17.5 Å². The normalized spacial score (nSPS) is 13.5. The van der Waals surface area contributed by atoms with Crippen LogP contribution in [0.5, 0.6) is 11.5 Å². The topological polar surface area (TPSA) is 126 Å². The molecule has 11 nitrogen and oxygen atoms in total. The number of nitrogens with one attached hydrogen (secondary N) is 2. The maximum atomic E-state index is 13.5. The Labute approximate surface area is 282 Å². The third kappa shape index (κ3) is 8.85. The van der Waals surface area contributed by atoms with Gasteiger partial charge in [0.2, 0.25) is 0 Å². The summed E-state index contributed by atoms with van der Waals surface area (Å²) in [4.78, 5) is 42.6. The zero-order valence-electron chi connectivity index (χ0n) is 26.5. The van der Waals surface area contributed by atoms with Crippen LogP contribution in [0.4, 0.5) is 21.5 Å². The van der Waals surface area contributed by atoms with Gasteiger partial charge in [0.15, 0.2) is 0 Å². The standard InChI is InChI=1S/C35H35ClFN5O6/c1-3-47-33-20-31(42(45)46)28(35(44)38-27-11-12-32(29(36)18-27)48-22-24-5-4-6-26(37)17-24)19-30(33)39-34(43)25-9-7-23(8-10-25)21-41-15-13-40(2)14-16-41/h4-12,17-20H,3,13-16,21-22H2,1-2H3,(H,38,44)(H,39,43). The molecule has 0 spiro atoms. The number of ether oxygens (including phenoxy) is 2. The number of piperazine rings is 1. The number of anilines is 2. The Morgan fingerprint density at radius 1 is 0.896 bits per heavy atom. The van der Waals surface area contributed by atoms with Crippen molar-refractivity contribution in [2.45, 2.75) is 20.1 Å². The number of nitrogens with zero attached hydrogens (tertiary/aromatic N) is 3. The summed E-state index contributed by atoms with van der Waals surface area (Å²) in [6.07, 6.45) is 0. The predicted molar refractivity (Wildman–Crippen MR) is 182 cm³/mol. The second-order valence-electron chi connectivity index (χ2n) is 11.3. The highest BCUT2D eigenvalue weighted by atomic mass is 35.5. The number of nitro benzene ring substituents is 1. The third-order valence-corrected chi connectivity index (χ3v) is 8.07. The van der Waals surface area contributed by atoms with Crippen molar-refractivity contribution < 1.29 is 28.4 Å². The molecule has 48 heavy (non-hydrogen) atoms. The number of hydrogen-bond acceptors (Lipinski definition) is 8. The van der Waals surface area contributed by atoms with E-state index in [1.165, 1.54) is 36.4 Å². The van der Waals surface area contributed by atoms with Crippen molar-refractivity contribution in [3.05, 3.63) is 122 Å². The van der Waals surface area contributed by atoms with Gasteiger partial charge >= 0.3 is 0 Å². The van der Waals surface area contributed by atoms with Crippen molar-refractivity contribution >= 4 is 40.5 Å². The molecule has 250 valence electrons. The molecule has 4 aromatic rings. The van der Waals surface area contributed by atoms with Gasteiger partial charge in [-0.1, -0.05) is 35.9 Å². The molecular formula is C35H35ClFN5O6. The lowest BCUT2D eigenvalue weighted by molar-refractivity contribution is -0.385. The molecule has 0 aliphatic carbocycles. The van der Waals surface area contributed by atoms with Crippen molar-refractivity contribution in [2.24, 2.45) is 0 Å². The summed E-state index contributed by atoms with van der Waals surface area (Å²) >= 11 is 6.37. The fraction of sp³-hybridized carbons (Fsp3) is 0.257. The summed E-state index contributed by atoms with van der Waals surface area (Å²) in [5.74, 6) is -1.33. The van der Waals surface area contributed by atoms with Crippen molar-refractivity contribution in [2.75, 3.05) is 50.5 Å². The Bertz CT molecular complexity index is 1800.